The Morgan fingerprint density at radius 2 is 2.00 bits per heavy atom. The number of hydrogen-bond donors (Lipinski definition) is 1. The number of benzene rings is 1. The van der Waals surface area contributed by atoms with Crippen LogP contribution in [-0.4, -0.2) is 16.5 Å². The van der Waals surface area contributed by atoms with Crippen LogP contribution in [0.4, 0.5) is 0 Å². The molecule has 0 spiro atoms. The molecule has 1 aliphatic rings. The summed E-state index contributed by atoms with van der Waals surface area (Å²) in [4.78, 5) is -0.00268. The highest BCUT2D eigenvalue weighted by molar-refractivity contribution is 9.09. The third-order valence-electron chi connectivity index (χ3n) is 2.69. The van der Waals surface area contributed by atoms with Crippen LogP contribution < -0.4 is 4.74 Å². The number of rotatable bonds is 0. The molecule has 0 aromatic heterocycles. The van der Waals surface area contributed by atoms with E-state index in [9.17, 15) is 5.11 Å². The molecule has 1 aromatic rings. The first-order chi connectivity index (χ1) is 6.59. The Balaban J connectivity index is 2.50. The lowest BCUT2D eigenvalue weighted by Gasteiger charge is -2.27. The summed E-state index contributed by atoms with van der Waals surface area (Å²) in [5, 5.41) is 9.92. The van der Waals surface area contributed by atoms with Crippen LogP contribution in [-0.2, 0) is 0 Å². The average Bonchev–Trinajstić information content (AvgIpc) is 2.15. The van der Waals surface area contributed by atoms with E-state index in [0.717, 1.165) is 11.3 Å². The van der Waals surface area contributed by atoms with Gasteiger partial charge in [-0.15, -0.1) is 0 Å². The van der Waals surface area contributed by atoms with E-state index in [4.69, 9.17) is 4.74 Å². The van der Waals surface area contributed by atoms with Crippen molar-refractivity contribution in [3.8, 4) is 5.75 Å². The van der Waals surface area contributed by atoms with E-state index in [-0.39, 0.29) is 4.83 Å². The number of hydrogen-bond acceptors (Lipinski definition) is 2. The van der Waals surface area contributed by atoms with Gasteiger partial charge in [0.1, 0.15) is 12.4 Å². The predicted molar refractivity (Wildman–Crippen MR) is 59.1 cm³/mol. The van der Waals surface area contributed by atoms with Gasteiger partial charge < -0.3 is 9.84 Å². The maximum atomic E-state index is 9.92. The Labute approximate surface area is 92.0 Å². The molecule has 3 heteroatoms. The van der Waals surface area contributed by atoms with Gasteiger partial charge in [-0.3, -0.25) is 0 Å². The fraction of sp³-hybridized carbons (Fsp3) is 0.455. The van der Waals surface area contributed by atoms with Crippen molar-refractivity contribution in [2.45, 2.75) is 24.8 Å². The highest BCUT2D eigenvalue weighted by Crippen LogP contribution is 2.36. The molecule has 0 amide bonds. The van der Waals surface area contributed by atoms with Gasteiger partial charge in [-0.2, -0.15) is 0 Å². The quantitative estimate of drug-likeness (QED) is 0.723. The second kappa shape index (κ2) is 3.55. The minimum absolute atomic E-state index is 0.00268. The Kier molecular flexibility index (Phi) is 2.54. The molecule has 1 aliphatic heterocycles. The van der Waals surface area contributed by atoms with E-state index < -0.39 is 6.10 Å². The monoisotopic (exact) mass is 256 g/mol. The summed E-state index contributed by atoms with van der Waals surface area (Å²) in [7, 11) is 0. The molecule has 2 unspecified atom stereocenters. The third-order valence-corrected chi connectivity index (χ3v) is 3.45. The van der Waals surface area contributed by atoms with E-state index in [1.54, 1.807) is 0 Å². The molecule has 14 heavy (non-hydrogen) atoms. The van der Waals surface area contributed by atoms with E-state index in [2.05, 4.69) is 15.9 Å². The summed E-state index contributed by atoms with van der Waals surface area (Å²) in [6.07, 6.45) is -0.460. The molecule has 2 rings (SSSR count). The number of fused-ring (bicyclic) bond motifs is 1. The largest absolute Gasteiger partial charge is 0.492 e. The average molecular weight is 257 g/mol. The number of aliphatic hydroxyl groups excluding tert-OH is 1. The molecule has 0 saturated carbocycles. The molecule has 2 nitrogen and oxygen atoms in total. The zero-order valence-electron chi connectivity index (χ0n) is 8.25. The number of aliphatic hydroxyl groups is 1. The maximum absolute atomic E-state index is 9.92. The normalized spacial score (nSPS) is 25.4. The second-order valence-corrected chi connectivity index (χ2v) is 4.92. The van der Waals surface area contributed by atoms with Crippen LogP contribution in [0.2, 0.25) is 0 Å². The van der Waals surface area contributed by atoms with Gasteiger partial charge in [-0.25, -0.2) is 0 Å². The fourth-order valence-electron chi connectivity index (χ4n) is 1.62. The van der Waals surface area contributed by atoms with Gasteiger partial charge >= 0.3 is 0 Å². The summed E-state index contributed by atoms with van der Waals surface area (Å²) in [5.74, 6) is 0.816. The van der Waals surface area contributed by atoms with E-state index >= 15 is 0 Å². The first-order valence-electron chi connectivity index (χ1n) is 4.65. The van der Waals surface area contributed by atoms with E-state index in [1.165, 1.54) is 11.1 Å². The van der Waals surface area contributed by atoms with Crippen molar-refractivity contribution < 1.29 is 9.84 Å². The third kappa shape index (κ3) is 1.55. The standard InChI is InChI=1S/C11H13BrO2/c1-6-3-8-10(4-7(6)2)14-5-9(12)11(8)13/h3-4,9,11,13H,5H2,1-2H3. The molecular formula is C11H13BrO2. The highest BCUT2D eigenvalue weighted by atomic mass is 79.9. The SMILES string of the molecule is Cc1cc2c(cc1C)C(O)C(Br)CO2. The van der Waals surface area contributed by atoms with Crippen molar-refractivity contribution in [1.29, 1.82) is 0 Å². The van der Waals surface area contributed by atoms with Crippen molar-refractivity contribution in [2.75, 3.05) is 6.61 Å². The summed E-state index contributed by atoms with van der Waals surface area (Å²) < 4.78 is 5.54. The van der Waals surface area contributed by atoms with Gasteiger partial charge in [0.25, 0.3) is 0 Å². The minimum Gasteiger partial charge on any atom is -0.492 e. The first-order valence-corrected chi connectivity index (χ1v) is 5.57. The van der Waals surface area contributed by atoms with Crippen LogP contribution in [0.5, 0.6) is 5.75 Å². The second-order valence-electron chi connectivity index (χ2n) is 3.75. The molecular weight excluding hydrogens is 244 g/mol. The van der Waals surface area contributed by atoms with Crippen molar-refractivity contribution in [3.05, 3.63) is 28.8 Å². The van der Waals surface area contributed by atoms with Gasteiger partial charge in [0.05, 0.1) is 10.9 Å². The van der Waals surface area contributed by atoms with Crippen LogP contribution >= 0.6 is 15.9 Å². The van der Waals surface area contributed by atoms with Gasteiger partial charge in [-0.1, -0.05) is 15.9 Å². The van der Waals surface area contributed by atoms with Crippen molar-refractivity contribution in [1.82, 2.24) is 0 Å². The lowest BCUT2D eigenvalue weighted by atomic mass is 9.98. The maximum Gasteiger partial charge on any atom is 0.125 e. The highest BCUT2D eigenvalue weighted by Gasteiger charge is 2.27. The Bertz CT molecular complexity index is 363. The number of aryl methyl sites for hydroxylation is 2. The van der Waals surface area contributed by atoms with Crippen molar-refractivity contribution >= 4 is 15.9 Å². The molecule has 76 valence electrons. The molecule has 1 N–H and O–H groups in total. The molecule has 0 radical (unpaired) electrons. The lowest BCUT2D eigenvalue weighted by molar-refractivity contribution is 0.125. The first kappa shape index (κ1) is 9.99. The zero-order chi connectivity index (χ0) is 10.3. The molecule has 2 atom stereocenters. The molecule has 0 bridgehead atoms. The summed E-state index contributed by atoms with van der Waals surface area (Å²) in [6, 6.07) is 4.00. The topological polar surface area (TPSA) is 29.5 Å². The van der Waals surface area contributed by atoms with Crippen LogP contribution in [0.15, 0.2) is 12.1 Å². The summed E-state index contributed by atoms with van der Waals surface area (Å²) >= 11 is 3.39. The minimum atomic E-state index is -0.460. The summed E-state index contributed by atoms with van der Waals surface area (Å²) in [6.45, 7) is 4.61. The molecule has 0 fully saturated rings. The van der Waals surface area contributed by atoms with Crippen molar-refractivity contribution in [3.63, 3.8) is 0 Å². The number of ether oxygens (including phenoxy) is 1. The Hall–Kier alpha value is -0.540. The van der Waals surface area contributed by atoms with E-state index in [0.29, 0.717) is 6.61 Å². The predicted octanol–water partition coefficient (Wildman–Crippen LogP) is 2.49. The van der Waals surface area contributed by atoms with Crippen LogP contribution in [0, 0.1) is 13.8 Å². The van der Waals surface area contributed by atoms with Gasteiger partial charge in [0.15, 0.2) is 0 Å². The van der Waals surface area contributed by atoms with Crippen LogP contribution in [0.25, 0.3) is 0 Å². The van der Waals surface area contributed by atoms with Gasteiger partial charge in [0, 0.05) is 5.56 Å². The van der Waals surface area contributed by atoms with Gasteiger partial charge in [-0.05, 0) is 37.1 Å². The number of halogens is 1. The van der Waals surface area contributed by atoms with Crippen molar-refractivity contribution in [2.24, 2.45) is 0 Å². The molecule has 0 aliphatic carbocycles. The molecule has 1 aromatic carbocycles. The zero-order valence-corrected chi connectivity index (χ0v) is 9.84. The van der Waals surface area contributed by atoms with Crippen LogP contribution in [0.3, 0.4) is 0 Å². The number of alkyl halides is 1. The van der Waals surface area contributed by atoms with Crippen LogP contribution in [0.1, 0.15) is 22.8 Å². The Morgan fingerprint density at radius 3 is 2.71 bits per heavy atom. The fourth-order valence-corrected chi connectivity index (χ4v) is 2.04. The smallest absolute Gasteiger partial charge is 0.125 e. The summed E-state index contributed by atoms with van der Waals surface area (Å²) in [5.41, 5.74) is 3.28. The van der Waals surface area contributed by atoms with E-state index in [1.807, 2.05) is 26.0 Å². The Morgan fingerprint density at radius 1 is 1.36 bits per heavy atom. The van der Waals surface area contributed by atoms with Gasteiger partial charge in [0.2, 0.25) is 0 Å². The molecule has 1 heterocycles. The molecule has 0 saturated heterocycles. The lowest BCUT2D eigenvalue weighted by Crippen LogP contribution is -2.26.